The Labute approximate surface area is 285 Å². The third-order valence-corrected chi connectivity index (χ3v) is 12.2. The average Bonchev–Trinajstić information content (AvgIpc) is 3.04. The van der Waals surface area contributed by atoms with Crippen molar-refractivity contribution in [2.75, 3.05) is 19.8 Å². The fraction of sp³-hybridized carbons (Fsp3) is 1.00. The van der Waals surface area contributed by atoms with Crippen molar-refractivity contribution in [3.05, 3.63) is 0 Å². The van der Waals surface area contributed by atoms with E-state index >= 15 is 0 Å². The molecule has 0 aromatic heterocycles. The summed E-state index contributed by atoms with van der Waals surface area (Å²) in [6.07, 6.45) is 41.2. The topological polar surface area (TPSA) is 53.7 Å². The highest BCUT2D eigenvalue weighted by atomic mass is 28.4. The first-order chi connectivity index (χ1) is 22.1. The Kier molecular flexibility index (Phi) is 36.9. The van der Waals surface area contributed by atoms with Crippen LogP contribution < -0.4 is 5.73 Å². The fourth-order valence-electron chi connectivity index (χ4n) is 6.20. The van der Waals surface area contributed by atoms with Gasteiger partial charge in [0.2, 0.25) is 0 Å². The van der Waals surface area contributed by atoms with E-state index in [1.807, 2.05) is 0 Å². The molecule has 0 saturated carbocycles. The zero-order chi connectivity index (χ0) is 32.9. The minimum Gasteiger partial charge on any atom is -0.373 e. The van der Waals surface area contributed by atoms with Gasteiger partial charge in [0.05, 0.1) is 0 Å². The van der Waals surface area contributed by atoms with Crippen molar-refractivity contribution in [2.45, 2.75) is 239 Å². The summed E-state index contributed by atoms with van der Waals surface area (Å²) in [5.41, 5.74) is 6.24. The van der Waals surface area contributed by atoms with Crippen molar-refractivity contribution < 1.29 is 13.3 Å². The maximum absolute atomic E-state index is 6.67. The molecule has 0 heterocycles. The van der Waals surface area contributed by atoms with Crippen LogP contribution in [0.25, 0.3) is 0 Å². The molecule has 0 spiro atoms. The molecule has 0 rings (SSSR count). The van der Waals surface area contributed by atoms with E-state index in [0.29, 0.717) is 0 Å². The van der Waals surface area contributed by atoms with Gasteiger partial charge >= 0.3 is 8.80 Å². The summed E-state index contributed by atoms with van der Waals surface area (Å²) in [4.78, 5) is 0. The Bertz CT molecular complexity index is 483. The summed E-state index contributed by atoms with van der Waals surface area (Å²) in [5.74, 6) is 0. The molecule has 4 nitrogen and oxygen atoms in total. The Hall–Kier alpha value is 0.0569. The number of hydrogen-bond donors (Lipinski definition) is 1. The van der Waals surface area contributed by atoms with Crippen LogP contribution in [0.15, 0.2) is 0 Å². The van der Waals surface area contributed by atoms with Gasteiger partial charge in [0.25, 0.3) is 0 Å². The molecule has 0 radical (unpaired) electrons. The molecule has 1 atom stereocenters. The Morgan fingerprint density at radius 3 is 0.822 bits per heavy atom. The normalized spacial score (nSPS) is 12.7. The van der Waals surface area contributed by atoms with E-state index in [1.54, 1.807) is 0 Å². The number of unbranched alkanes of at least 4 members (excludes halogenated alkanes) is 27. The van der Waals surface area contributed by atoms with Gasteiger partial charge in [-0.1, -0.05) is 194 Å². The summed E-state index contributed by atoms with van der Waals surface area (Å²) >= 11 is 0. The summed E-state index contributed by atoms with van der Waals surface area (Å²) < 4.78 is 20.0. The molecular formula is C40H85NO3Si. The second-order valence-electron chi connectivity index (χ2n) is 14.3. The van der Waals surface area contributed by atoms with Crippen LogP contribution >= 0.6 is 0 Å². The van der Waals surface area contributed by atoms with Crippen molar-refractivity contribution in [3.63, 3.8) is 0 Å². The number of nitrogens with two attached hydrogens (primary N) is 1. The fourth-order valence-corrected chi connectivity index (χ4v) is 9.06. The lowest BCUT2D eigenvalue weighted by Crippen LogP contribution is -2.47. The van der Waals surface area contributed by atoms with Crippen molar-refractivity contribution in [2.24, 2.45) is 5.73 Å². The van der Waals surface area contributed by atoms with Gasteiger partial charge in [-0.15, -0.1) is 0 Å². The van der Waals surface area contributed by atoms with E-state index in [4.69, 9.17) is 19.0 Å². The summed E-state index contributed by atoms with van der Waals surface area (Å²) in [6.45, 7) is 11.3. The summed E-state index contributed by atoms with van der Waals surface area (Å²) in [6, 6.07) is 1.01. The van der Waals surface area contributed by atoms with Crippen LogP contribution in [0, 0.1) is 0 Å². The molecule has 0 aromatic carbocycles. The molecule has 0 aliphatic rings. The van der Waals surface area contributed by atoms with Gasteiger partial charge in [0.15, 0.2) is 0 Å². The molecule has 0 fully saturated rings. The van der Waals surface area contributed by atoms with E-state index in [-0.39, 0.29) is 6.04 Å². The minimum atomic E-state index is -2.72. The van der Waals surface area contributed by atoms with E-state index < -0.39 is 8.80 Å². The molecule has 1 unspecified atom stereocenters. The van der Waals surface area contributed by atoms with Gasteiger partial charge in [-0.25, -0.2) is 0 Å². The van der Waals surface area contributed by atoms with Crippen molar-refractivity contribution in [1.82, 2.24) is 0 Å². The van der Waals surface area contributed by atoms with Gasteiger partial charge in [-0.05, 0) is 32.6 Å². The third kappa shape index (κ3) is 33.7. The van der Waals surface area contributed by atoms with Crippen molar-refractivity contribution >= 4 is 8.80 Å². The standard InChI is InChI=1S/C40H85NO3Si/c1-5-8-11-14-17-20-23-26-29-32-36-42-45(39-35-40(4)41,43-37-33-30-27-24-21-18-15-12-9-6-2)44-38-34-31-28-25-22-19-16-13-10-7-3/h40H,5-39,41H2,1-4H3. The Morgan fingerprint density at radius 2 is 0.600 bits per heavy atom. The first-order valence-electron chi connectivity index (χ1n) is 20.8. The lowest BCUT2D eigenvalue weighted by molar-refractivity contribution is 0.0544. The minimum absolute atomic E-state index is 0.152. The SMILES string of the molecule is CCCCCCCCCCCCO[Si](CCC(C)N)(OCCCCCCCCCCCC)OCCCCCCCCCCCC. The molecule has 0 aromatic rings. The highest BCUT2D eigenvalue weighted by Gasteiger charge is 2.41. The first kappa shape index (κ1) is 45.1. The first-order valence-corrected chi connectivity index (χ1v) is 22.7. The van der Waals surface area contributed by atoms with E-state index in [9.17, 15) is 0 Å². The highest BCUT2D eigenvalue weighted by Crippen LogP contribution is 2.22. The number of rotatable bonds is 39. The van der Waals surface area contributed by atoms with Crippen LogP contribution in [0.2, 0.25) is 6.04 Å². The van der Waals surface area contributed by atoms with Crippen LogP contribution in [0.3, 0.4) is 0 Å². The van der Waals surface area contributed by atoms with Gasteiger partial charge in [-0.3, -0.25) is 0 Å². The van der Waals surface area contributed by atoms with E-state index in [1.165, 1.54) is 173 Å². The lowest BCUT2D eigenvalue weighted by atomic mass is 10.1. The lowest BCUT2D eigenvalue weighted by Gasteiger charge is -2.30. The largest absolute Gasteiger partial charge is 0.501 e. The van der Waals surface area contributed by atoms with Crippen LogP contribution in [0.1, 0.15) is 227 Å². The smallest absolute Gasteiger partial charge is 0.373 e. The van der Waals surface area contributed by atoms with Crippen LogP contribution in [0.4, 0.5) is 0 Å². The molecule has 5 heteroatoms. The molecule has 0 aliphatic heterocycles. The Balaban J connectivity index is 4.58. The maximum atomic E-state index is 6.67. The summed E-state index contributed by atoms with van der Waals surface area (Å²) in [5, 5.41) is 0. The van der Waals surface area contributed by atoms with Gasteiger partial charge < -0.3 is 19.0 Å². The van der Waals surface area contributed by atoms with E-state index in [2.05, 4.69) is 27.7 Å². The highest BCUT2D eigenvalue weighted by molar-refractivity contribution is 6.60. The molecule has 2 N–H and O–H groups in total. The Morgan fingerprint density at radius 1 is 0.378 bits per heavy atom. The monoisotopic (exact) mass is 656 g/mol. The molecule has 0 amide bonds. The molecular weight excluding hydrogens is 571 g/mol. The zero-order valence-corrected chi connectivity index (χ0v) is 32.6. The van der Waals surface area contributed by atoms with Crippen molar-refractivity contribution in [3.8, 4) is 0 Å². The molecule has 272 valence electrons. The quantitative estimate of drug-likeness (QED) is 0.0529. The number of hydrogen-bond acceptors (Lipinski definition) is 4. The van der Waals surface area contributed by atoms with Gasteiger partial charge in [0, 0.05) is 31.9 Å². The molecule has 0 bridgehead atoms. The average molecular weight is 656 g/mol. The van der Waals surface area contributed by atoms with Gasteiger partial charge in [-0.2, -0.15) is 0 Å². The van der Waals surface area contributed by atoms with Crippen LogP contribution in [-0.2, 0) is 13.3 Å². The second-order valence-corrected chi connectivity index (χ2v) is 17.0. The summed E-state index contributed by atoms with van der Waals surface area (Å²) in [7, 11) is -2.72. The van der Waals surface area contributed by atoms with Crippen LogP contribution in [0.5, 0.6) is 0 Å². The maximum Gasteiger partial charge on any atom is 0.501 e. The molecule has 45 heavy (non-hydrogen) atoms. The third-order valence-electron chi connectivity index (χ3n) is 9.37. The molecule has 0 aliphatic carbocycles. The molecule has 0 saturated heterocycles. The van der Waals surface area contributed by atoms with E-state index in [0.717, 1.165) is 51.5 Å². The second kappa shape index (κ2) is 36.9. The zero-order valence-electron chi connectivity index (χ0n) is 31.6. The predicted octanol–water partition coefficient (Wildman–Crippen LogP) is 13.5. The van der Waals surface area contributed by atoms with Crippen molar-refractivity contribution in [1.29, 1.82) is 0 Å². The van der Waals surface area contributed by atoms with Gasteiger partial charge in [0.1, 0.15) is 0 Å². The van der Waals surface area contributed by atoms with Crippen LogP contribution in [-0.4, -0.2) is 34.7 Å². The predicted molar refractivity (Wildman–Crippen MR) is 202 cm³/mol.